The fraction of sp³-hybridized carbons (Fsp3) is 0.571. The normalized spacial score (nSPS) is 13.4. The Bertz CT molecular complexity index is 361. The predicted molar refractivity (Wildman–Crippen MR) is 74.9 cm³/mol. The third kappa shape index (κ3) is 4.29. The lowest BCUT2D eigenvalue weighted by atomic mass is 10.0. The molecule has 0 saturated heterocycles. The van der Waals surface area contributed by atoms with Crippen molar-refractivity contribution in [2.24, 2.45) is 0 Å². The van der Waals surface area contributed by atoms with E-state index < -0.39 is 6.10 Å². The zero-order chi connectivity index (χ0) is 13.8. The summed E-state index contributed by atoms with van der Waals surface area (Å²) in [7, 11) is 3.97. The fourth-order valence-corrected chi connectivity index (χ4v) is 1.54. The van der Waals surface area contributed by atoms with Gasteiger partial charge in [0.2, 0.25) is 0 Å². The minimum atomic E-state index is -0.563. The quantitative estimate of drug-likeness (QED) is 0.711. The second kappa shape index (κ2) is 6.18. The molecule has 18 heavy (non-hydrogen) atoms. The Kier molecular flexibility index (Phi) is 5.14. The van der Waals surface area contributed by atoms with Gasteiger partial charge in [0, 0.05) is 31.9 Å². The number of nitrogens with zero attached hydrogens (tertiary/aromatic N) is 1. The van der Waals surface area contributed by atoms with Crippen molar-refractivity contribution in [2.75, 3.05) is 32.1 Å². The molecular weight excluding hydrogens is 228 g/mol. The van der Waals surface area contributed by atoms with Crippen LogP contribution in [0.15, 0.2) is 24.3 Å². The Morgan fingerprint density at radius 2 is 1.78 bits per heavy atom. The molecule has 0 aromatic heterocycles. The first-order valence-electron chi connectivity index (χ1n) is 6.17. The van der Waals surface area contributed by atoms with Crippen LogP contribution in [0.3, 0.4) is 0 Å². The van der Waals surface area contributed by atoms with Gasteiger partial charge in [-0.05, 0) is 31.5 Å². The first-order chi connectivity index (χ1) is 8.35. The second-order valence-electron chi connectivity index (χ2n) is 5.42. The maximum absolute atomic E-state index is 10.1. The van der Waals surface area contributed by atoms with Crippen LogP contribution in [-0.4, -0.2) is 43.0 Å². The molecule has 0 heterocycles. The van der Waals surface area contributed by atoms with Gasteiger partial charge in [0.25, 0.3) is 0 Å². The zero-order valence-corrected chi connectivity index (χ0v) is 11.6. The number of anilines is 1. The van der Waals surface area contributed by atoms with Crippen molar-refractivity contribution in [2.45, 2.75) is 25.5 Å². The molecule has 0 fully saturated rings. The molecule has 1 rings (SSSR count). The Balaban J connectivity index is 2.59. The Labute approximate surface area is 109 Å². The fourth-order valence-electron chi connectivity index (χ4n) is 1.54. The topological polar surface area (TPSA) is 55.7 Å². The van der Waals surface area contributed by atoms with E-state index in [4.69, 9.17) is 5.11 Å². The highest BCUT2D eigenvalue weighted by Crippen LogP contribution is 2.18. The van der Waals surface area contributed by atoms with Gasteiger partial charge in [-0.3, -0.25) is 0 Å². The Morgan fingerprint density at radius 1 is 1.22 bits per heavy atom. The molecule has 0 spiro atoms. The van der Waals surface area contributed by atoms with Crippen LogP contribution in [0.2, 0.25) is 0 Å². The van der Waals surface area contributed by atoms with Crippen molar-refractivity contribution in [3.8, 4) is 0 Å². The SMILES string of the molecule is CN(C)c1ccc(C(O)CNC(C)(C)CO)cc1. The average Bonchev–Trinajstić information content (AvgIpc) is 2.36. The molecule has 102 valence electrons. The van der Waals surface area contributed by atoms with Crippen molar-refractivity contribution in [1.82, 2.24) is 5.32 Å². The van der Waals surface area contributed by atoms with E-state index >= 15 is 0 Å². The van der Waals surface area contributed by atoms with Gasteiger partial charge < -0.3 is 20.4 Å². The van der Waals surface area contributed by atoms with Crippen molar-refractivity contribution >= 4 is 5.69 Å². The molecule has 0 saturated carbocycles. The van der Waals surface area contributed by atoms with Crippen molar-refractivity contribution in [1.29, 1.82) is 0 Å². The summed E-state index contributed by atoms with van der Waals surface area (Å²) < 4.78 is 0. The molecule has 0 bridgehead atoms. The summed E-state index contributed by atoms with van der Waals surface area (Å²) in [6.07, 6.45) is -0.563. The summed E-state index contributed by atoms with van der Waals surface area (Å²) in [5.41, 5.74) is 1.61. The predicted octanol–water partition coefficient (Wildman–Crippen LogP) is 1.15. The molecule has 4 heteroatoms. The van der Waals surface area contributed by atoms with Gasteiger partial charge >= 0.3 is 0 Å². The summed E-state index contributed by atoms with van der Waals surface area (Å²) in [5, 5.41) is 22.3. The van der Waals surface area contributed by atoms with Crippen LogP contribution in [-0.2, 0) is 0 Å². The first-order valence-corrected chi connectivity index (χ1v) is 6.17. The van der Waals surface area contributed by atoms with E-state index in [9.17, 15) is 5.11 Å². The van der Waals surface area contributed by atoms with E-state index in [-0.39, 0.29) is 12.1 Å². The summed E-state index contributed by atoms with van der Waals surface area (Å²) in [6.45, 7) is 4.26. The smallest absolute Gasteiger partial charge is 0.0914 e. The molecule has 1 atom stereocenters. The van der Waals surface area contributed by atoms with Gasteiger partial charge in [0.1, 0.15) is 0 Å². The molecule has 0 amide bonds. The lowest BCUT2D eigenvalue weighted by Crippen LogP contribution is -2.44. The second-order valence-corrected chi connectivity index (χ2v) is 5.42. The van der Waals surface area contributed by atoms with Crippen LogP contribution >= 0.6 is 0 Å². The van der Waals surface area contributed by atoms with Crippen LogP contribution < -0.4 is 10.2 Å². The average molecular weight is 252 g/mol. The van der Waals surface area contributed by atoms with Gasteiger partial charge in [-0.1, -0.05) is 12.1 Å². The van der Waals surface area contributed by atoms with Crippen LogP contribution in [0, 0.1) is 0 Å². The minimum absolute atomic E-state index is 0.0410. The van der Waals surface area contributed by atoms with Crippen molar-refractivity contribution in [3.63, 3.8) is 0 Å². The summed E-state index contributed by atoms with van der Waals surface area (Å²) in [4.78, 5) is 2.02. The van der Waals surface area contributed by atoms with Crippen LogP contribution in [0.1, 0.15) is 25.5 Å². The van der Waals surface area contributed by atoms with E-state index in [0.29, 0.717) is 6.54 Å². The van der Waals surface area contributed by atoms with E-state index in [1.807, 2.05) is 57.1 Å². The molecule has 3 N–H and O–H groups in total. The highest BCUT2D eigenvalue weighted by molar-refractivity contribution is 5.46. The van der Waals surface area contributed by atoms with Crippen molar-refractivity contribution in [3.05, 3.63) is 29.8 Å². The number of nitrogens with one attached hydrogen (secondary N) is 1. The number of rotatable bonds is 6. The molecule has 0 aliphatic carbocycles. The molecular formula is C14H24N2O2. The molecule has 0 aliphatic heterocycles. The monoisotopic (exact) mass is 252 g/mol. The largest absolute Gasteiger partial charge is 0.394 e. The number of aliphatic hydroxyl groups excluding tert-OH is 2. The third-order valence-corrected chi connectivity index (χ3v) is 2.96. The third-order valence-electron chi connectivity index (χ3n) is 2.96. The zero-order valence-electron chi connectivity index (χ0n) is 11.6. The lowest BCUT2D eigenvalue weighted by molar-refractivity contribution is 0.136. The van der Waals surface area contributed by atoms with Crippen LogP contribution in [0.25, 0.3) is 0 Å². The molecule has 1 aromatic carbocycles. The maximum Gasteiger partial charge on any atom is 0.0914 e. The van der Waals surface area contributed by atoms with E-state index in [0.717, 1.165) is 11.3 Å². The molecule has 0 radical (unpaired) electrons. The summed E-state index contributed by atoms with van der Waals surface area (Å²) >= 11 is 0. The summed E-state index contributed by atoms with van der Waals surface area (Å²) in [5.74, 6) is 0. The van der Waals surface area contributed by atoms with E-state index in [2.05, 4.69) is 5.32 Å². The maximum atomic E-state index is 10.1. The number of β-amino-alcohol motifs (C(OH)–C–C–N with tert-alkyl or cyclic N) is 1. The lowest BCUT2D eigenvalue weighted by Gasteiger charge is -2.25. The van der Waals surface area contributed by atoms with Gasteiger partial charge in [-0.2, -0.15) is 0 Å². The number of hydrogen-bond acceptors (Lipinski definition) is 4. The van der Waals surface area contributed by atoms with Gasteiger partial charge in [-0.15, -0.1) is 0 Å². The highest BCUT2D eigenvalue weighted by Gasteiger charge is 2.17. The van der Waals surface area contributed by atoms with Crippen LogP contribution in [0.5, 0.6) is 0 Å². The van der Waals surface area contributed by atoms with E-state index in [1.54, 1.807) is 0 Å². The Hall–Kier alpha value is -1.10. The van der Waals surface area contributed by atoms with Gasteiger partial charge in [0.05, 0.1) is 12.7 Å². The van der Waals surface area contributed by atoms with Crippen molar-refractivity contribution < 1.29 is 10.2 Å². The minimum Gasteiger partial charge on any atom is -0.394 e. The number of benzene rings is 1. The van der Waals surface area contributed by atoms with Gasteiger partial charge in [0.15, 0.2) is 0 Å². The summed E-state index contributed by atoms with van der Waals surface area (Å²) in [6, 6.07) is 7.81. The molecule has 1 aromatic rings. The number of aliphatic hydroxyl groups is 2. The number of hydrogen-bond donors (Lipinski definition) is 3. The Morgan fingerprint density at radius 3 is 2.22 bits per heavy atom. The van der Waals surface area contributed by atoms with Gasteiger partial charge in [-0.25, -0.2) is 0 Å². The standard InChI is InChI=1S/C14H24N2O2/c1-14(2,10-17)15-9-13(18)11-5-7-12(8-6-11)16(3)4/h5-8,13,15,17-18H,9-10H2,1-4H3. The highest BCUT2D eigenvalue weighted by atomic mass is 16.3. The van der Waals surface area contributed by atoms with Crippen LogP contribution in [0.4, 0.5) is 5.69 Å². The molecule has 4 nitrogen and oxygen atoms in total. The molecule has 1 unspecified atom stereocenters. The molecule has 0 aliphatic rings. The first kappa shape index (κ1) is 15.0. The van der Waals surface area contributed by atoms with E-state index in [1.165, 1.54) is 0 Å².